The molecule has 1 aromatic rings. The number of nitrogens with one attached hydrogen (secondary N) is 1. The van der Waals surface area contributed by atoms with Crippen LogP contribution in [0.25, 0.3) is 0 Å². The highest BCUT2D eigenvalue weighted by Gasteiger charge is 1.89. The van der Waals surface area contributed by atoms with Crippen molar-refractivity contribution in [2.75, 3.05) is 12.1 Å². The summed E-state index contributed by atoms with van der Waals surface area (Å²) >= 11 is 5.62. The first-order valence-electron chi connectivity index (χ1n) is 2.88. The van der Waals surface area contributed by atoms with E-state index in [4.69, 9.17) is 11.6 Å². The van der Waals surface area contributed by atoms with Crippen molar-refractivity contribution < 1.29 is 4.39 Å². The van der Waals surface area contributed by atoms with Crippen LogP contribution >= 0.6 is 11.6 Å². The lowest BCUT2D eigenvalue weighted by molar-refractivity contribution is 0.536. The molecule has 3 heteroatoms. The number of hydrogen-bond acceptors (Lipinski definition) is 1. The summed E-state index contributed by atoms with van der Waals surface area (Å²) in [4.78, 5) is 0. The Hall–Kier alpha value is -0.760. The van der Waals surface area contributed by atoms with Gasteiger partial charge in [0.05, 0.1) is 0 Å². The molecule has 0 spiro atoms. The summed E-state index contributed by atoms with van der Waals surface area (Å²) in [5.41, 5.74) is 0.704. The smallest absolute Gasteiger partial charge is 0.159 e. The number of hydrogen-bond donors (Lipinski definition) is 1. The Labute approximate surface area is 63.8 Å². The van der Waals surface area contributed by atoms with Gasteiger partial charge in [0, 0.05) is 10.7 Å². The topological polar surface area (TPSA) is 12.0 Å². The van der Waals surface area contributed by atoms with E-state index in [-0.39, 0.29) is 0 Å². The van der Waals surface area contributed by atoms with Crippen LogP contribution in [0.15, 0.2) is 24.3 Å². The van der Waals surface area contributed by atoms with Crippen LogP contribution in [0.5, 0.6) is 0 Å². The van der Waals surface area contributed by atoms with Gasteiger partial charge in [0.25, 0.3) is 0 Å². The van der Waals surface area contributed by atoms with E-state index >= 15 is 0 Å². The van der Waals surface area contributed by atoms with Gasteiger partial charge in [-0.3, -0.25) is 0 Å². The van der Waals surface area contributed by atoms with Crippen molar-refractivity contribution in [2.24, 2.45) is 0 Å². The molecule has 54 valence electrons. The van der Waals surface area contributed by atoms with Crippen molar-refractivity contribution >= 4 is 17.3 Å². The molecule has 0 radical (unpaired) electrons. The second-order valence-corrected chi connectivity index (χ2v) is 2.26. The van der Waals surface area contributed by atoms with E-state index in [2.05, 4.69) is 5.32 Å². The zero-order chi connectivity index (χ0) is 7.40. The van der Waals surface area contributed by atoms with Gasteiger partial charge in [0.2, 0.25) is 0 Å². The number of benzene rings is 1. The third-order valence-electron chi connectivity index (χ3n) is 1.10. The Morgan fingerprint density at radius 1 is 1.50 bits per heavy atom. The summed E-state index contributed by atoms with van der Waals surface area (Å²) in [6.07, 6.45) is 0. The van der Waals surface area contributed by atoms with E-state index in [0.29, 0.717) is 10.7 Å². The summed E-state index contributed by atoms with van der Waals surface area (Å²) < 4.78 is 11.7. The van der Waals surface area contributed by atoms with E-state index in [1.807, 2.05) is 0 Å². The molecule has 0 aromatic heterocycles. The van der Waals surface area contributed by atoms with Crippen LogP contribution in [0, 0.1) is 0 Å². The lowest BCUT2D eigenvalue weighted by Gasteiger charge is -1.99. The first-order valence-corrected chi connectivity index (χ1v) is 3.26. The summed E-state index contributed by atoms with van der Waals surface area (Å²) in [5, 5.41) is 3.11. The van der Waals surface area contributed by atoms with E-state index < -0.39 is 6.80 Å². The van der Waals surface area contributed by atoms with Crippen LogP contribution < -0.4 is 5.32 Å². The molecule has 0 aliphatic rings. The van der Waals surface area contributed by atoms with Crippen LogP contribution in [-0.2, 0) is 0 Å². The third-order valence-corrected chi connectivity index (χ3v) is 1.33. The summed E-state index contributed by atoms with van der Waals surface area (Å²) in [6.45, 7) is -0.569. The average molecular weight is 160 g/mol. The highest BCUT2D eigenvalue weighted by molar-refractivity contribution is 6.30. The molecule has 0 bridgehead atoms. The molecule has 0 aliphatic carbocycles. The number of rotatable bonds is 2. The molecule has 0 unspecified atom stereocenters. The Morgan fingerprint density at radius 2 is 2.30 bits per heavy atom. The zero-order valence-electron chi connectivity index (χ0n) is 5.27. The molecule has 0 amide bonds. The van der Waals surface area contributed by atoms with E-state index in [0.717, 1.165) is 0 Å². The van der Waals surface area contributed by atoms with Gasteiger partial charge in [-0.05, 0) is 18.2 Å². The predicted octanol–water partition coefficient (Wildman–Crippen LogP) is 2.68. The van der Waals surface area contributed by atoms with Gasteiger partial charge < -0.3 is 5.32 Å². The molecule has 1 aromatic carbocycles. The highest BCUT2D eigenvalue weighted by atomic mass is 35.5. The standard InChI is InChI=1S/C7H7ClFN/c8-6-2-1-3-7(4-6)10-5-9/h1-4,10H,5H2. The fourth-order valence-electron chi connectivity index (χ4n) is 0.676. The first-order chi connectivity index (χ1) is 4.83. The Kier molecular flexibility index (Phi) is 2.51. The molecule has 0 heterocycles. The normalized spacial score (nSPS) is 9.40. The Balaban J connectivity index is 2.75. The van der Waals surface area contributed by atoms with Crippen molar-refractivity contribution in [3.05, 3.63) is 29.3 Å². The summed E-state index contributed by atoms with van der Waals surface area (Å²) in [5.74, 6) is 0. The maximum Gasteiger partial charge on any atom is 0.159 e. The van der Waals surface area contributed by atoms with E-state index in [1.165, 1.54) is 0 Å². The molecular weight excluding hydrogens is 153 g/mol. The van der Waals surface area contributed by atoms with Crippen LogP contribution in [0.2, 0.25) is 5.02 Å². The number of anilines is 1. The second kappa shape index (κ2) is 3.42. The van der Waals surface area contributed by atoms with Gasteiger partial charge in [-0.15, -0.1) is 0 Å². The maximum atomic E-state index is 11.7. The van der Waals surface area contributed by atoms with Crippen LogP contribution in [-0.4, -0.2) is 6.80 Å². The van der Waals surface area contributed by atoms with Crippen LogP contribution in [0.1, 0.15) is 0 Å². The van der Waals surface area contributed by atoms with Crippen LogP contribution in [0.4, 0.5) is 10.1 Å². The highest BCUT2D eigenvalue weighted by Crippen LogP contribution is 2.14. The zero-order valence-corrected chi connectivity index (χ0v) is 6.03. The number of alkyl halides is 1. The van der Waals surface area contributed by atoms with Gasteiger partial charge >= 0.3 is 0 Å². The molecule has 0 saturated heterocycles. The van der Waals surface area contributed by atoms with Crippen molar-refractivity contribution in [1.82, 2.24) is 0 Å². The minimum atomic E-state index is -0.569. The number of halogens is 2. The van der Waals surface area contributed by atoms with E-state index in [1.54, 1.807) is 24.3 Å². The Bertz CT molecular complexity index is 215. The Morgan fingerprint density at radius 3 is 2.90 bits per heavy atom. The maximum absolute atomic E-state index is 11.7. The van der Waals surface area contributed by atoms with Gasteiger partial charge in [-0.2, -0.15) is 0 Å². The SMILES string of the molecule is FCNc1cccc(Cl)c1. The van der Waals surface area contributed by atoms with Gasteiger partial charge in [-0.25, -0.2) is 4.39 Å². The molecular formula is C7H7ClFN. The quantitative estimate of drug-likeness (QED) is 0.655. The molecule has 1 N–H and O–H groups in total. The van der Waals surface area contributed by atoms with Gasteiger partial charge in [0.1, 0.15) is 0 Å². The molecule has 1 rings (SSSR count). The summed E-state index contributed by atoms with van der Waals surface area (Å²) in [6, 6.07) is 6.93. The minimum absolute atomic E-state index is 0.569. The second-order valence-electron chi connectivity index (χ2n) is 1.82. The molecule has 0 fully saturated rings. The molecule has 0 atom stereocenters. The van der Waals surface area contributed by atoms with Crippen molar-refractivity contribution in [2.45, 2.75) is 0 Å². The molecule has 10 heavy (non-hydrogen) atoms. The fraction of sp³-hybridized carbons (Fsp3) is 0.143. The summed E-state index contributed by atoms with van der Waals surface area (Å²) in [7, 11) is 0. The van der Waals surface area contributed by atoms with Crippen LogP contribution in [0.3, 0.4) is 0 Å². The monoisotopic (exact) mass is 159 g/mol. The first kappa shape index (κ1) is 7.35. The predicted molar refractivity (Wildman–Crippen MR) is 41.0 cm³/mol. The fourth-order valence-corrected chi connectivity index (χ4v) is 0.866. The third kappa shape index (κ3) is 1.88. The van der Waals surface area contributed by atoms with Gasteiger partial charge in [-0.1, -0.05) is 17.7 Å². The van der Waals surface area contributed by atoms with Crippen molar-refractivity contribution in [1.29, 1.82) is 0 Å². The lowest BCUT2D eigenvalue weighted by Crippen LogP contribution is -1.93. The lowest BCUT2D eigenvalue weighted by atomic mass is 10.3. The van der Waals surface area contributed by atoms with Crippen molar-refractivity contribution in [3.8, 4) is 0 Å². The van der Waals surface area contributed by atoms with Crippen molar-refractivity contribution in [3.63, 3.8) is 0 Å². The largest absolute Gasteiger partial charge is 0.358 e. The molecule has 1 nitrogen and oxygen atoms in total. The average Bonchev–Trinajstić information content (AvgIpc) is 1.88. The molecule has 0 saturated carbocycles. The van der Waals surface area contributed by atoms with E-state index in [9.17, 15) is 4.39 Å². The molecule has 0 aliphatic heterocycles. The minimum Gasteiger partial charge on any atom is -0.358 e. The van der Waals surface area contributed by atoms with Gasteiger partial charge in [0.15, 0.2) is 6.80 Å².